The third-order valence-corrected chi connectivity index (χ3v) is 4.83. The number of hydrogen-bond donors (Lipinski definition) is 0. The highest BCUT2D eigenvalue weighted by atomic mass is 31.2. The topological polar surface area (TPSA) is 67.8 Å². The number of rotatable bonds is 18. The van der Waals surface area contributed by atoms with Crippen molar-refractivity contribution < 1.29 is 27.7 Å². The molecule has 6 nitrogen and oxygen atoms in total. The summed E-state index contributed by atoms with van der Waals surface area (Å²) < 4.78 is 27.4. The van der Waals surface area contributed by atoms with Gasteiger partial charge < -0.3 is 23.2 Å². The summed E-state index contributed by atoms with van der Waals surface area (Å²) in [5.41, 5.74) is 0. The van der Waals surface area contributed by atoms with E-state index in [9.17, 15) is 9.46 Å². The Hall–Kier alpha value is 0.0300. The van der Waals surface area contributed by atoms with Crippen molar-refractivity contribution in [3.63, 3.8) is 0 Å². The van der Waals surface area contributed by atoms with Crippen LogP contribution in [0.15, 0.2) is 0 Å². The van der Waals surface area contributed by atoms with Gasteiger partial charge in [-0.05, 0) is 12.8 Å². The minimum atomic E-state index is -4.18. The Labute approximate surface area is 155 Å². The molecule has 0 radical (unpaired) electrons. The van der Waals surface area contributed by atoms with Crippen LogP contribution in [0.4, 0.5) is 0 Å². The molecular weight excluding hydrogens is 341 g/mol. The molecule has 152 valence electrons. The molecule has 0 N–H and O–H groups in total. The van der Waals surface area contributed by atoms with Gasteiger partial charge in [-0.3, -0.25) is 4.57 Å². The average Bonchev–Trinajstić information content (AvgIpc) is 2.50. The van der Waals surface area contributed by atoms with E-state index < -0.39 is 7.82 Å². The van der Waals surface area contributed by atoms with Crippen molar-refractivity contribution in [2.75, 3.05) is 54.1 Å². The highest BCUT2D eigenvalue weighted by Gasteiger charge is 2.12. The SMILES string of the molecule is CCCCCCCCCCOCCCOP(=O)([O-])OCC[N+](C)(C)C. The van der Waals surface area contributed by atoms with Crippen LogP contribution in [0.5, 0.6) is 0 Å². The van der Waals surface area contributed by atoms with Crippen molar-refractivity contribution in [1.82, 2.24) is 0 Å². The molecule has 0 aromatic carbocycles. The van der Waals surface area contributed by atoms with E-state index in [0.29, 0.717) is 24.1 Å². The first-order valence-electron chi connectivity index (χ1n) is 9.75. The number of ether oxygens (including phenoxy) is 1. The Balaban J connectivity index is 3.35. The zero-order chi connectivity index (χ0) is 19.0. The molecule has 0 saturated heterocycles. The highest BCUT2D eigenvalue weighted by molar-refractivity contribution is 7.45. The molecule has 25 heavy (non-hydrogen) atoms. The van der Waals surface area contributed by atoms with E-state index in [-0.39, 0.29) is 13.2 Å². The largest absolute Gasteiger partial charge is 0.756 e. The molecule has 0 fully saturated rings. The van der Waals surface area contributed by atoms with Gasteiger partial charge in [0, 0.05) is 13.2 Å². The maximum absolute atomic E-state index is 11.6. The molecular formula is C18H40NO5P. The number of quaternary nitrogens is 1. The van der Waals surface area contributed by atoms with Gasteiger partial charge in [0.15, 0.2) is 0 Å². The summed E-state index contributed by atoms with van der Waals surface area (Å²) in [6.45, 7) is 4.36. The second-order valence-corrected chi connectivity index (χ2v) is 8.98. The zero-order valence-corrected chi connectivity index (χ0v) is 17.7. The predicted molar refractivity (Wildman–Crippen MR) is 100 cm³/mol. The number of nitrogens with zero attached hydrogens (tertiary/aromatic N) is 1. The van der Waals surface area contributed by atoms with E-state index in [1.165, 1.54) is 44.9 Å². The third-order valence-electron chi connectivity index (χ3n) is 3.84. The normalized spacial score (nSPS) is 14.6. The maximum Gasteiger partial charge on any atom is 0.268 e. The summed E-state index contributed by atoms with van der Waals surface area (Å²) in [5.74, 6) is 0. The van der Waals surface area contributed by atoms with Crippen molar-refractivity contribution in [1.29, 1.82) is 0 Å². The lowest BCUT2D eigenvalue weighted by Gasteiger charge is -2.27. The van der Waals surface area contributed by atoms with Crippen molar-refractivity contribution in [2.24, 2.45) is 0 Å². The fraction of sp³-hybridized carbons (Fsp3) is 1.00. The summed E-state index contributed by atoms with van der Waals surface area (Å²) >= 11 is 0. The fourth-order valence-corrected chi connectivity index (χ4v) is 2.97. The Morgan fingerprint density at radius 2 is 1.28 bits per heavy atom. The lowest BCUT2D eigenvalue weighted by atomic mass is 10.1. The number of likely N-dealkylation sites (N-methyl/N-ethyl adjacent to an activating group) is 1. The molecule has 0 aromatic heterocycles. The number of unbranched alkanes of at least 4 members (excludes halogenated alkanes) is 7. The van der Waals surface area contributed by atoms with E-state index in [1.54, 1.807) is 0 Å². The molecule has 0 aliphatic rings. The molecule has 0 bridgehead atoms. The van der Waals surface area contributed by atoms with E-state index in [4.69, 9.17) is 13.8 Å². The van der Waals surface area contributed by atoms with E-state index in [2.05, 4.69) is 6.92 Å². The molecule has 1 atom stereocenters. The van der Waals surface area contributed by atoms with Crippen LogP contribution in [0.1, 0.15) is 64.7 Å². The average molecular weight is 381 g/mol. The smallest absolute Gasteiger partial charge is 0.268 e. The molecule has 0 rings (SSSR count). The van der Waals surface area contributed by atoms with Crippen LogP contribution in [0.2, 0.25) is 0 Å². The van der Waals surface area contributed by atoms with Crippen LogP contribution >= 0.6 is 7.82 Å². The standard InChI is InChI=1S/C18H40NO5P/c1-5-6-7-8-9-10-11-12-15-22-16-13-17-23-25(20,21)24-18-14-19(2,3)4/h5-18H2,1-4H3. The molecule has 0 heterocycles. The second kappa shape index (κ2) is 15.1. The number of phosphoric ester groups is 1. The van der Waals surface area contributed by atoms with Gasteiger partial charge in [0.1, 0.15) is 13.2 Å². The summed E-state index contributed by atoms with van der Waals surface area (Å²) in [7, 11) is 1.75. The minimum Gasteiger partial charge on any atom is -0.756 e. The van der Waals surface area contributed by atoms with Crippen LogP contribution in [0.25, 0.3) is 0 Å². The van der Waals surface area contributed by atoms with Crippen LogP contribution in [0, 0.1) is 0 Å². The molecule has 0 aromatic rings. The Morgan fingerprint density at radius 1 is 0.760 bits per heavy atom. The lowest BCUT2D eigenvalue weighted by molar-refractivity contribution is -0.870. The van der Waals surface area contributed by atoms with Gasteiger partial charge in [0.05, 0.1) is 27.7 Å². The Kier molecular flexibility index (Phi) is 15.1. The molecule has 0 aliphatic carbocycles. The molecule has 0 amide bonds. The van der Waals surface area contributed by atoms with Gasteiger partial charge in [-0.2, -0.15) is 0 Å². The Morgan fingerprint density at radius 3 is 1.88 bits per heavy atom. The zero-order valence-electron chi connectivity index (χ0n) is 16.8. The van der Waals surface area contributed by atoms with Crippen LogP contribution in [0.3, 0.4) is 0 Å². The second-order valence-electron chi connectivity index (χ2n) is 7.57. The van der Waals surface area contributed by atoms with E-state index in [0.717, 1.165) is 13.0 Å². The molecule has 1 unspecified atom stereocenters. The first-order valence-corrected chi connectivity index (χ1v) is 11.2. The Bertz CT molecular complexity index is 347. The van der Waals surface area contributed by atoms with E-state index in [1.807, 2.05) is 21.1 Å². The van der Waals surface area contributed by atoms with Crippen LogP contribution < -0.4 is 4.89 Å². The molecule has 7 heteroatoms. The van der Waals surface area contributed by atoms with Gasteiger partial charge in [0.2, 0.25) is 0 Å². The highest BCUT2D eigenvalue weighted by Crippen LogP contribution is 2.38. The van der Waals surface area contributed by atoms with Crippen molar-refractivity contribution in [3.05, 3.63) is 0 Å². The fourth-order valence-electron chi connectivity index (χ4n) is 2.24. The van der Waals surface area contributed by atoms with E-state index >= 15 is 0 Å². The molecule has 0 spiro atoms. The molecule has 0 aliphatic heterocycles. The third kappa shape index (κ3) is 20.2. The maximum atomic E-state index is 11.6. The van der Waals surface area contributed by atoms with Gasteiger partial charge in [0.25, 0.3) is 7.82 Å². The molecule has 0 saturated carbocycles. The summed E-state index contributed by atoms with van der Waals surface area (Å²) in [6, 6.07) is 0. The van der Waals surface area contributed by atoms with Gasteiger partial charge in [-0.15, -0.1) is 0 Å². The number of phosphoric acid groups is 1. The minimum absolute atomic E-state index is 0.114. The van der Waals surface area contributed by atoms with Gasteiger partial charge in [-0.25, -0.2) is 0 Å². The summed E-state index contributed by atoms with van der Waals surface area (Å²) in [6.07, 6.45) is 10.8. The number of hydrogen-bond acceptors (Lipinski definition) is 5. The van der Waals surface area contributed by atoms with Gasteiger partial charge >= 0.3 is 0 Å². The first kappa shape index (κ1) is 25.0. The van der Waals surface area contributed by atoms with Gasteiger partial charge in [-0.1, -0.05) is 51.9 Å². The van der Waals surface area contributed by atoms with Crippen LogP contribution in [-0.4, -0.2) is 58.6 Å². The predicted octanol–water partition coefficient (Wildman–Crippen LogP) is 3.74. The summed E-state index contributed by atoms with van der Waals surface area (Å²) in [4.78, 5) is 11.6. The van der Waals surface area contributed by atoms with Crippen molar-refractivity contribution >= 4 is 7.82 Å². The van der Waals surface area contributed by atoms with Crippen molar-refractivity contribution in [3.8, 4) is 0 Å². The van der Waals surface area contributed by atoms with Crippen LogP contribution in [-0.2, 0) is 18.3 Å². The lowest BCUT2D eigenvalue weighted by Crippen LogP contribution is -2.37. The monoisotopic (exact) mass is 381 g/mol. The summed E-state index contributed by atoms with van der Waals surface area (Å²) in [5, 5.41) is 0. The first-order chi connectivity index (χ1) is 11.8. The quantitative estimate of drug-likeness (QED) is 0.205. The van der Waals surface area contributed by atoms with Crippen molar-refractivity contribution in [2.45, 2.75) is 64.7 Å².